The summed E-state index contributed by atoms with van der Waals surface area (Å²) in [5.41, 5.74) is 7.86. The number of hydrogen-bond donors (Lipinski definition) is 2. The molecule has 2 N–H and O–H groups in total. The molecule has 0 aliphatic heterocycles. The van der Waals surface area contributed by atoms with Gasteiger partial charge in [0.15, 0.2) is 0 Å². The summed E-state index contributed by atoms with van der Waals surface area (Å²) in [7, 11) is 1.90. The average molecular weight is 423 g/mol. The van der Waals surface area contributed by atoms with Crippen molar-refractivity contribution < 1.29 is 4.39 Å². The topological polar surface area (TPSA) is 62.3 Å². The zero-order chi connectivity index (χ0) is 22.2. The number of nitrogens with one attached hydrogen (secondary N) is 2. The van der Waals surface area contributed by atoms with E-state index in [0.29, 0.717) is 5.56 Å². The molecule has 0 amide bonds. The summed E-state index contributed by atoms with van der Waals surface area (Å²) in [6.07, 6.45) is 7.34. The van der Waals surface area contributed by atoms with Gasteiger partial charge in [0.05, 0.1) is 17.4 Å². The van der Waals surface area contributed by atoms with Crippen LogP contribution in [-0.2, 0) is 7.05 Å². The SMILES string of the molecule is C=C/C=C(/c1ccccc1F)c1cc(-c2n[nH]c3ccc(-c4cnn(C)c4)cc23)[nH]c1C. The molecular weight excluding hydrogens is 401 g/mol. The summed E-state index contributed by atoms with van der Waals surface area (Å²) in [5, 5.41) is 12.9. The Hall–Kier alpha value is -4.19. The third kappa shape index (κ3) is 3.36. The second kappa shape index (κ2) is 7.81. The predicted octanol–water partition coefficient (Wildman–Crippen LogP) is 6.02. The maximum Gasteiger partial charge on any atom is 0.131 e. The quantitative estimate of drug-likeness (QED) is 0.339. The summed E-state index contributed by atoms with van der Waals surface area (Å²) < 4.78 is 16.4. The molecule has 0 bridgehead atoms. The molecule has 3 heterocycles. The Morgan fingerprint density at radius 3 is 2.69 bits per heavy atom. The molecule has 158 valence electrons. The first-order chi connectivity index (χ1) is 15.5. The van der Waals surface area contributed by atoms with Crippen molar-refractivity contribution in [2.24, 2.45) is 7.05 Å². The van der Waals surface area contributed by atoms with E-state index in [1.165, 1.54) is 6.07 Å². The minimum atomic E-state index is -0.269. The van der Waals surface area contributed by atoms with E-state index in [0.717, 1.165) is 50.2 Å². The molecule has 5 rings (SSSR count). The Morgan fingerprint density at radius 2 is 1.94 bits per heavy atom. The Kier molecular flexibility index (Phi) is 4.82. The molecule has 0 fully saturated rings. The smallest absolute Gasteiger partial charge is 0.131 e. The zero-order valence-electron chi connectivity index (χ0n) is 17.9. The van der Waals surface area contributed by atoms with Crippen LogP contribution in [0.25, 0.3) is 39.0 Å². The molecule has 0 radical (unpaired) electrons. The monoisotopic (exact) mass is 423 g/mol. The Labute approximate surface area is 184 Å². The van der Waals surface area contributed by atoms with E-state index in [4.69, 9.17) is 0 Å². The second-order valence-electron chi connectivity index (χ2n) is 7.75. The Morgan fingerprint density at radius 1 is 1.09 bits per heavy atom. The van der Waals surface area contributed by atoms with Gasteiger partial charge in [-0.05, 0) is 42.3 Å². The Bertz CT molecular complexity index is 1480. The van der Waals surface area contributed by atoms with Gasteiger partial charge in [0, 0.05) is 41.0 Å². The number of hydrogen-bond acceptors (Lipinski definition) is 2. The lowest BCUT2D eigenvalue weighted by molar-refractivity contribution is 0.624. The van der Waals surface area contributed by atoms with Crippen LogP contribution < -0.4 is 0 Å². The largest absolute Gasteiger partial charge is 0.357 e. The van der Waals surface area contributed by atoms with Crippen LogP contribution in [0.3, 0.4) is 0 Å². The van der Waals surface area contributed by atoms with Gasteiger partial charge in [0.2, 0.25) is 0 Å². The first-order valence-corrected chi connectivity index (χ1v) is 10.3. The third-order valence-corrected chi connectivity index (χ3v) is 5.61. The first-order valence-electron chi connectivity index (χ1n) is 10.3. The average Bonchev–Trinajstić information content (AvgIpc) is 3.50. The summed E-state index contributed by atoms with van der Waals surface area (Å²) in [6, 6.07) is 15.0. The molecule has 0 saturated heterocycles. The van der Waals surface area contributed by atoms with Crippen molar-refractivity contribution in [2.45, 2.75) is 6.92 Å². The highest BCUT2D eigenvalue weighted by molar-refractivity contribution is 5.96. The van der Waals surface area contributed by atoms with E-state index in [9.17, 15) is 4.39 Å². The van der Waals surface area contributed by atoms with Gasteiger partial charge in [-0.2, -0.15) is 10.2 Å². The summed E-state index contributed by atoms with van der Waals surface area (Å²) >= 11 is 0. The van der Waals surface area contributed by atoms with Crippen LogP contribution in [0.2, 0.25) is 0 Å². The number of aromatic nitrogens is 5. The van der Waals surface area contributed by atoms with Crippen molar-refractivity contribution >= 4 is 16.5 Å². The fourth-order valence-corrected chi connectivity index (χ4v) is 4.06. The van der Waals surface area contributed by atoms with Gasteiger partial charge in [0.1, 0.15) is 11.5 Å². The van der Waals surface area contributed by atoms with Crippen molar-refractivity contribution in [1.82, 2.24) is 25.0 Å². The third-order valence-electron chi connectivity index (χ3n) is 5.61. The lowest BCUT2D eigenvalue weighted by atomic mass is 9.97. The zero-order valence-corrected chi connectivity index (χ0v) is 17.9. The number of fused-ring (bicyclic) bond motifs is 1. The van der Waals surface area contributed by atoms with Gasteiger partial charge in [-0.25, -0.2) is 4.39 Å². The molecule has 0 atom stereocenters. The van der Waals surface area contributed by atoms with Gasteiger partial charge >= 0.3 is 0 Å². The minimum Gasteiger partial charge on any atom is -0.357 e. The van der Waals surface area contributed by atoms with Crippen LogP contribution in [0.15, 0.2) is 79.7 Å². The van der Waals surface area contributed by atoms with E-state index >= 15 is 0 Å². The van der Waals surface area contributed by atoms with Gasteiger partial charge in [-0.15, -0.1) is 0 Å². The highest BCUT2D eigenvalue weighted by atomic mass is 19.1. The van der Waals surface area contributed by atoms with Crippen molar-refractivity contribution in [1.29, 1.82) is 0 Å². The lowest BCUT2D eigenvalue weighted by Gasteiger charge is -2.08. The van der Waals surface area contributed by atoms with Crippen LogP contribution in [0, 0.1) is 12.7 Å². The highest BCUT2D eigenvalue weighted by Crippen LogP contribution is 2.34. The van der Waals surface area contributed by atoms with Crippen molar-refractivity contribution in [3.63, 3.8) is 0 Å². The summed E-state index contributed by atoms with van der Waals surface area (Å²) in [5.74, 6) is -0.269. The number of aromatic amines is 2. The van der Waals surface area contributed by atoms with Crippen LogP contribution in [-0.4, -0.2) is 25.0 Å². The molecule has 0 unspecified atom stereocenters. The van der Waals surface area contributed by atoms with Crippen LogP contribution in [0.4, 0.5) is 4.39 Å². The molecular formula is C26H22FN5. The normalized spacial score (nSPS) is 11.9. The maximum absolute atomic E-state index is 14.6. The second-order valence-corrected chi connectivity index (χ2v) is 7.75. The molecule has 5 aromatic rings. The van der Waals surface area contributed by atoms with E-state index in [1.54, 1.807) is 22.9 Å². The predicted molar refractivity (Wildman–Crippen MR) is 126 cm³/mol. The fraction of sp³-hybridized carbons (Fsp3) is 0.0769. The van der Waals surface area contributed by atoms with Crippen LogP contribution in [0.1, 0.15) is 16.8 Å². The molecule has 32 heavy (non-hydrogen) atoms. The molecule has 0 aliphatic carbocycles. The van der Waals surface area contributed by atoms with E-state index in [1.807, 2.05) is 50.6 Å². The maximum atomic E-state index is 14.6. The number of aryl methyl sites for hydroxylation is 2. The van der Waals surface area contributed by atoms with E-state index in [2.05, 4.69) is 39.0 Å². The standard InChI is InChI=1S/C26H22FN5/c1-4-7-19(20-8-5-6-9-23(20)27)21-13-25(29-16(21)2)26-22-12-17(10-11-24(22)30-31-26)18-14-28-32(3)15-18/h4-15,29H,1H2,2-3H3,(H,30,31)/b19-7-. The molecule has 2 aromatic carbocycles. The van der Waals surface area contributed by atoms with Crippen molar-refractivity contribution in [2.75, 3.05) is 0 Å². The lowest BCUT2D eigenvalue weighted by Crippen LogP contribution is -1.92. The van der Waals surface area contributed by atoms with E-state index < -0.39 is 0 Å². The van der Waals surface area contributed by atoms with Crippen LogP contribution >= 0.6 is 0 Å². The van der Waals surface area contributed by atoms with Gasteiger partial charge in [0.25, 0.3) is 0 Å². The van der Waals surface area contributed by atoms with Crippen molar-refractivity contribution in [3.05, 3.63) is 102 Å². The Balaban J connectivity index is 1.62. The number of H-pyrrole nitrogens is 2. The number of benzene rings is 2. The highest BCUT2D eigenvalue weighted by Gasteiger charge is 2.18. The van der Waals surface area contributed by atoms with Crippen molar-refractivity contribution in [3.8, 4) is 22.5 Å². The summed E-state index contributed by atoms with van der Waals surface area (Å²) in [6.45, 7) is 5.79. The number of allylic oxidation sites excluding steroid dienone is 2. The molecule has 0 spiro atoms. The van der Waals surface area contributed by atoms with Crippen LogP contribution in [0.5, 0.6) is 0 Å². The first kappa shape index (κ1) is 19.8. The number of halogens is 1. The van der Waals surface area contributed by atoms with Gasteiger partial charge < -0.3 is 4.98 Å². The van der Waals surface area contributed by atoms with Gasteiger partial charge in [-0.1, -0.05) is 43.0 Å². The van der Waals surface area contributed by atoms with E-state index in [-0.39, 0.29) is 5.82 Å². The minimum absolute atomic E-state index is 0.269. The molecule has 3 aromatic heterocycles. The number of rotatable bonds is 5. The molecule has 5 nitrogen and oxygen atoms in total. The number of nitrogens with zero attached hydrogens (tertiary/aromatic N) is 3. The molecule has 6 heteroatoms. The molecule has 0 saturated carbocycles. The van der Waals surface area contributed by atoms with Gasteiger partial charge in [-0.3, -0.25) is 9.78 Å². The fourth-order valence-electron chi connectivity index (χ4n) is 4.06. The molecule has 0 aliphatic rings. The summed E-state index contributed by atoms with van der Waals surface area (Å²) in [4.78, 5) is 3.43.